The monoisotopic (exact) mass is 529 g/mol. The molecule has 1 aliphatic heterocycles. The first-order chi connectivity index (χ1) is 17.7. The number of ether oxygens (including phenoxy) is 2. The Bertz CT molecular complexity index is 1340. The Morgan fingerprint density at radius 1 is 1.00 bits per heavy atom. The van der Waals surface area contributed by atoms with Crippen molar-refractivity contribution in [3.05, 3.63) is 51.6 Å². The van der Waals surface area contributed by atoms with E-state index in [1.54, 1.807) is 25.9 Å². The number of aliphatic hydroxyl groups excluding tert-OH is 3. The molecule has 204 valence electrons. The summed E-state index contributed by atoms with van der Waals surface area (Å²) in [5.74, 6) is -2.90. The lowest BCUT2D eigenvalue weighted by atomic mass is 9.73. The molecule has 7 atom stereocenters. The molecule has 2 aliphatic carbocycles. The summed E-state index contributed by atoms with van der Waals surface area (Å²) in [5, 5.41) is 64.7. The number of carbonyl (C=O) groups is 2. The van der Waals surface area contributed by atoms with Crippen molar-refractivity contribution in [3.8, 4) is 17.2 Å². The number of phenols is 2. The van der Waals surface area contributed by atoms with E-state index in [9.17, 15) is 40.2 Å². The zero-order valence-electron chi connectivity index (χ0n) is 21.4. The lowest BCUT2D eigenvalue weighted by Crippen LogP contribution is -2.63. The van der Waals surface area contributed by atoms with Crippen molar-refractivity contribution in [2.75, 3.05) is 14.1 Å². The highest BCUT2D eigenvalue weighted by Gasteiger charge is 2.47. The normalized spacial score (nSPS) is 32.6. The molecule has 0 saturated carbocycles. The van der Waals surface area contributed by atoms with Gasteiger partial charge in [-0.1, -0.05) is 12.1 Å². The van der Waals surface area contributed by atoms with E-state index in [4.69, 9.17) is 9.47 Å². The van der Waals surface area contributed by atoms with Gasteiger partial charge in [0.2, 0.25) is 12.1 Å². The molecule has 2 aromatic carbocycles. The number of aromatic hydroxyl groups is 2. The molecule has 1 heterocycles. The summed E-state index contributed by atoms with van der Waals surface area (Å²) in [6, 6.07) is 3.50. The van der Waals surface area contributed by atoms with E-state index >= 15 is 0 Å². The van der Waals surface area contributed by atoms with Crippen LogP contribution in [0.25, 0.3) is 0 Å². The van der Waals surface area contributed by atoms with Crippen molar-refractivity contribution in [1.29, 1.82) is 0 Å². The van der Waals surface area contributed by atoms with E-state index in [2.05, 4.69) is 0 Å². The summed E-state index contributed by atoms with van der Waals surface area (Å²) in [6.07, 6.45) is -6.03. The molecule has 3 aliphatic rings. The average molecular weight is 530 g/mol. The van der Waals surface area contributed by atoms with E-state index in [-0.39, 0.29) is 40.8 Å². The standard InChI is InChI=1S/C27H31NO10/c1-10-20(30)19(28(3)4)25(35)26(37-10)38-14-7-5-6-11-16(14)24(34)18-17(21(11)31)22(32)12-8-27(2,36)9-13(29)15(12)23(18)33/h5-7,10,13,19-20,25-26,29-30,32-33,35-36H,8-9H2,1-4H3/t10?,13-,19?,20?,25?,26?,27-/m0/s1. The highest BCUT2D eigenvalue weighted by Crippen LogP contribution is 2.50. The van der Waals surface area contributed by atoms with Crippen LogP contribution in [0.5, 0.6) is 17.2 Å². The van der Waals surface area contributed by atoms with Crippen LogP contribution >= 0.6 is 0 Å². The van der Waals surface area contributed by atoms with Crippen LogP contribution < -0.4 is 4.74 Å². The van der Waals surface area contributed by atoms with Crippen LogP contribution in [0, 0.1) is 0 Å². The fraction of sp³-hybridized carbons (Fsp3) is 0.481. The molecule has 1 fully saturated rings. The number of hydrogen-bond acceptors (Lipinski definition) is 11. The van der Waals surface area contributed by atoms with Crippen LogP contribution in [0.3, 0.4) is 0 Å². The topological polar surface area (TPSA) is 177 Å². The highest BCUT2D eigenvalue weighted by atomic mass is 16.7. The van der Waals surface area contributed by atoms with Gasteiger partial charge in [-0.25, -0.2) is 0 Å². The number of ketones is 2. The summed E-state index contributed by atoms with van der Waals surface area (Å²) in [6.45, 7) is 3.07. The summed E-state index contributed by atoms with van der Waals surface area (Å²) >= 11 is 0. The Morgan fingerprint density at radius 3 is 2.32 bits per heavy atom. The number of likely N-dealkylation sites (N-methyl/N-ethyl adjacent to an activating group) is 1. The van der Waals surface area contributed by atoms with Crippen LogP contribution in [0.4, 0.5) is 0 Å². The number of aliphatic hydroxyl groups is 4. The number of rotatable bonds is 3. The molecule has 0 spiro atoms. The predicted octanol–water partition coefficient (Wildman–Crippen LogP) is 0.379. The second kappa shape index (κ2) is 9.01. The summed E-state index contributed by atoms with van der Waals surface area (Å²) in [5.41, 5.74) is -2.70. The lowest BCUT2D eigenvalue weighted by Gasteiger charge is -2.44. The smallest absolute Gasteiger partial charge is 0.228 e. The minimum atomic E-state index is -1.40. The van der Waals surface area contributed by atoms with Gasteiger partial charge in [-0.2, -0.15) is 0 Å². The molecule has 1 saturated heterocycles. The van der Waals surface area contributed by atoms with Gasteiger partial charge in [0.05, 0.1) is 46.6 Å². The van der Waals surface area contributed by atoms with Crippen molar-refractivity contribution in [1.82, 2.24) is 4.90 Å². The number of hydrogen-bond donors (Lipinski definition) is 6. The maximum absolute atomic E-state index is 13.8. The molecule has 0 amide bonds. The molecule has 5 unspecified atom stereocenters. The maximum Gasteiger partial charge on any atom is 0.228 e. The Hall–Kier alpha value is -3.06. The molecule has 38 heavy (non-hydrogen) atoms. The van der Waals surface area contributed by atoms with Crippen LogP contribution in [-0.2, 0) is 11.2 Å². The lowest BCUT2D eigenvalue weighted by molar-refractivity contribution is -0.252. The Balaban J connectivity index is 1.61. The summed E-state index contributed by atoms with van der Waals surface area (Å²) in [7, 11) is 3.36. The van der Waals surface area contributed by atoms with Crippen LogP contribution in [0.2, 0.25) is 0 Å². The third-order valence-electron chi connectivity index (χ3n) is 7.71. The minimum Gasteiger partial charge on any atom is -0.507 e. The summed E-state index contributed by atoms with van der Waals surface area (Å²) < 4.78 is 11.6. The highest BCUT2D eigenvalue weighted by molar-refractivity contribution is 6.31. The second-order valence-electron chi connectivity index (χ2n) is 10.8. The Labute approximate surface area is 218 Å². The third-order valence-corrected chi connectivity index (χ3v) is 7.71. The first kappa shape index (κ1) is 26.5. The van der Waals surface area contributed by atoms with Gasteiger partial charge in [0.25, 0.3) is 0 Å². The molecule has 2 aromatic rings. The molecular formula is C27H31NO10. The zero-order chi connectivity index (χ0) is 27.8. The third kappa shape index (κ3) is 3.89. The molecule has 0 radical (unpaired) electrons. The Kier molecular flexibility index (Phi) is 6.29. The number of phenolic OH excluding ortho intramolecular Hbond substituents is 2. The SMILES string of the molecule is CC1OC(Oc2cccc3c2C(=O)c2c(O)c4c(c(O)c2C3=O)C[C@](C)(O)C[C@@H]4O)C(O)C(N(C)C)C1O. The molecule has 0 bridgehead atoms. The van der Waals surface area contributed by atoms with Crippen molar-refractivity contribution in [2.24, 2.45) is 0 Å². The molecule has 5 rings (SSSR count). The van der Waals surface area contributed by atoms with Gasteiger partial charge >= 0.3 is 0 Å². The van der Waals surface area contributed by atoms with Gasteiger partial charge in [0, 0.05) is 29.5 Å². The first-order valence-electron chi connectivity index (χ1n) is 12.3. The van der Waals surface area contributed by atoms with Crippen LogP contribution in [0.15, 0.2) is 18.2 Å². The molecule has 6 N–H and O–H groups in total. The van der Waals surface area contributed by atoms with Gasteiger partial charge in [-0.05, 0) is 34.0 Å². The van der Waals surface area contributed by atoms with Crippen LogP contribution in [-0.4, -0.2) is 97.4 Å². The van der Waals surface area contributed by atoms with Crippen molar-refractivity contribution in [3.63, 3.8) is 0 Å². The van der Waals surface area contributed by atoms with E-state index in [1.165, 1.54) is 25.1 Å². The van der Waals surface area contributed by atoms with Crippen LogP contribution in [0.1, 0.15) is 69.3 Å². The van der Waals surface area contributed by atoms with E-state index < -0.39 is 76.5 Å². The minimum absolute atomic E-state index is 0.00278. The van der Waals surface area contributed by atoms with Gasteiger partial charge in [0.1, 0.15) is 23.4 Å². The molecular weight excluding hydrogens is 498 g/mol. The summed E-state index contributed by atoms with van der Waals surface area (Å²) in [4.78, 5) is 29.0. The first-order valence-corrected chi connectivity index (χ1v) is 12.3. The fourth-order valence-electron chi connectivity index (χ4n) is 5.90. The largest absolute Gasteiger partial charge is 0.507 e. The average Bonchev–Trinajstić information content (AvgIpc) is 2.82. The van der Waals surface area contributed by atoms with E-state index in [1.807, 2.05) is 0 Å². The number of benzene rings is 2. The zero-order valence-corrected chi connectivity index (χ0v) is 21.4. The number of carbonyl (C=O) groups excluding carboxylic acids is 2. The van der Waals surface area contributed by atoms with E-state index in [0.717, 1.165) is 0 Å². The van der Waals surface area contributed by atoms with Crippen molar-refractivity contribution in [2.45, 2.75) is 69.0 Å². The number of fused-ring (bicyclic) bond motifs is 3. The van der Waals surface area contributed by atoms with Crippen molar-refractivity contribution >= 4 is 11.6 Å². The Morgan fingerprint density at radius 2 is 1.66 bits per heavy atom. The quantitative estimate of drug-likeness (QED) is 0.259. The van der Waals surface area contributed by atoms with E-state index in [0.29, 0.717) is 0 Å². The van der Waals surface area contributed by atoms with Gasteiger partial charge in [-0.3, -0.25) is 9.59 Å². The maximum atomic E-state index is 13.8. The van der Waals surface area contributed by atoms with Gasteiger partial charge in [-0.15, -0.1) is 0 Å². The second-order valence-corrected chi connectivity index (χ2v) is 10.8. The van der Waals surface area contributed by atoms with Crippen molar-refractivity contribution < 1.29 is 49.7 Å². The number of nitrogens with zero attached hydrogens (tertiary/aromatic N) is 1. The molecule has 11 heteroatoms. The van der Waals surface area contributed by atoms with Gasteiger partial charge < -0.3 is 45.0 Å². The van der Waals surface area contributed by atoms with Gasteiger partial charge in [0.15, 0.2) is 5.78 Å². The fourth-order valence-corrected chi connectivity index (χ4v) is 5.90. The predicted molar refractivity (Wildman–Crippen MR) is 131 cm³/mol. The molecule has 11 nitrogen and oxygen atoms in total. The molecule has 0 aromatic heterocycles.